The molecule has 19 heavy (non-hydrogen) atoms. The zero-order chi connectivity index (χ0) is 14.1. The van der Waals surface area contributed by atoms with Crippen molar-refractivity contribution in [3.8, 4) is 0 Å². The first-order valence-corrected chi connectivity index (χ1v) is 8.65. The quantitative estimate of drug-likeness (QED) is 0.637. The van der Waals surface area contributed by atoms with Gasteiger partial charge in [-0.1, -0.05) is 59.8 Å². The van der Waals surface area contributed by atoms with E-state index in [9.17, 15) is 0 Å². The lowest BCUT2D eigenvalue weighted by molar-refractivity contribution is 0.181. The zero-order valence-corrected chi connectivity index (χ0v) is 13.8. The molecule has 0 bridgehead atoms. The lowest BCUT2D eigenvalue weighted by Crippen LogP contribution is -2.08. The molecule has 0 N–H and O–H groups in total. The summed E-state index contributed by atoms with van der Waals surface area (Å²) in [5.41, 5.74) is 0. The van der Waals surface area contributed by atoms with Crippen molar-refractivity contribution in [3.05, 3.63) is 0 Å². The Labute approximate surface area is 121 Å². The smallest absolute Gasteiger partial charge is 0.0495 e. The van der Waals surface area contributed by atoms with Crippen LogP contribution in [0.4, 0.5) is 0 Å². The lowest BCUT2D eigenvalue weighted by Gasteiger charge is -2.22. The van der Waals surface area contributed by atoms with Gasteiger partial charge in [0.1, 0.15) is 0 Å². The zero-order valence-electron chi connectivity index (χ0n) is 13.8. The second-order valence-electron chi connectivity index (χ2n) is 7.49. The molecule has 114 valence electrons. The molecule has 1 nitrogen and oxygen atoms in total. The highest BCUT2D eigenvalue weighted by molar-refractivity contribution is 4.67. The lowest BCUT2D eigenvalue weighted by atomic mass is 9.84. The molecular formula is C18H36O. The fourth-order valence-electron chi connectivity index (χ4n) is 3.53. The fourth-order valence-corrected chi connectivity index (χ4v) is 3.53. The summed E-state index contributed by atoms with van der Waals surface area (Å²) < 4.78 is 5.26. The van der Waals surface area contributed by atoms with Crippen LogP contribution in [0.15, 0.2) is 0 Å². The first-order chi connectivity index (χ1) is 9.08. The average molecular weight is 268 g/mol. The Morgan fingerprint density at radius 1 is 0.789 bits per heavy atom. The van der Waals surface area contributed by atoms with E-state index in [0.29, 0.717) is 0 Å². The number of hydrogen-bond acceptors (Lipinski definition) is 1. The molecule has 0 radical (unpaired) electrons. The maximum atomic E-state index is 5.26. The van der Waals surface area contributed by atoms with Crippen LogP contribution in [0.1, 0.15) is 79.1 Å². The highest BCUT2D eigenvalue weighted by Gasteiger charge is 2.16. The van der Waals surface area contributed by atoms with Crippen LogP contribution in [0, 0.1) is 23.7 Å². The van der Waals surface area contributed by atoms with E-state index in [4.69, 9.17) is 4.74 Å². The number of ether oxygens (including phenoxy) is 1. The van der Waals surface area contributed by atoms with Crippen molar-refractivity contribution < 1.29 is 4.74 Å². The number of hydrogen-bond donors (Lipinski definition) is 0. The van der Waals surface area contributed by atoms with Crippen molar-refractivity contribution in [2.75, 3.05) is 13.2 Å². The van der Waals surface area contributed by atoms with Gasteiger partial charge in [0, 0.05) is 13.2 Å². The van der Waals surface area contributed by atoms with Crippen LogP contribution in [0.5, 0.6) is 0 Å². The Bertz CT molecular complexity index is 198. The molecule has 0 aromatic rings. The van der Waals surface area contributed by atoms with Crippen molar-refractivity contribution in [1.82, 2.24) is 0 Å². The van der Waals surface area contributed by atoms with Gasteiger partial charge >= 0.3 is 0 Å². The van der Waals surface area contributed by atoms with Gasteiger partial charge in [-0.25, -0.2) is 0 Å². The minimum Gasteiger partial charge on any atom is -0.381 e. The molecular weight excluding hydrogens is 232 g/mol. The Morgan fingerprint density at radius 2 is 1.37 bits per heavy atom. The van der Waals surface area contributed by atoms with Crippen LogP contribution in [0.2, 0.25) is 0 Å². The molecule has 0 aromatic carbocycles. The molecule has 1 aliphatic carbocycles. The standard InChI is InChI=1S/C10H20.C8H16O/c1-9(2)8-10-6-4-3-5-7-10;1-7(2)5-8-3-4-9-6-8/h9-10H,3-8H2,1-2H3;7-8H,3-6H2,1-2H3. The molecule has 1 heterocycles. The SMILES string of the molecule is CC(C)CC1CCCCC1.CC(C)CC1CCOC1. The molecule has 1 unspecified atom stereocenters. The first kappa shape index (κ1) is 17.0. The third kappa shape index (κ3) is 8.68. The van der Waals surface area contributed by atoms with Crippen LogP contribution in [-0.4, -0.2) is 13.2 Å². The Balaban J connectivity index is 0.000000191. The van der Waals surface area contributed by atoms with E-state index in [2.05, 4.69) is 27.7 Å². The predicted molar refractivity (Wildman–Crippen MR) is 84.4 cm³/mol. The topological polar surface area (TPSA) is 9.23 Å². The van der Waals surface area contributed by atoms with E-state index >= 15 is 0 Å². The summed E-state index contributed by atoms with van der Waals surface area (Å²) in [6, 6.07) is 0. The highest BCUT2D eigenvalue weighted by atomic mass is 16.5. The van der Waals surface area contributed by atoms with Gasteiger partial charge < -0.3 is 4.74 Å². The van der Waals surface area contributed by atoms with Crippen molar-refractivity contribution >= 4 is 0 Å². The minimum atomic E-state index is 0.844. The minimum absolute atomic E-state index is 0.844. The summed E-state index contributed by atoms with van der Waals surface area (Å²) in [5, 5.41) is 0. The van der Waals surface area contributed by atoms with E-state index in [1.807, 2.05) is 0 Å². The average Bonchev–Trinajstić information content (AvgIpc) is 2.82. The molecule has 1 aliphatic heterocycles. The second kappa shape index (κ2) is 9.80. The van der Waals surface area contributed by atoms with Crippen molar-refractivity contribution in [3.63, 3.8) is 0 Å². The molecule has 1 saturated heterocycles. The van der Waals surface area contributed by atoms with E-state index in [1.54, 1.807) is 0 Å². The third-order valence-corrected chi connectivity index (χ3v) is 4.36. The van der Waals surface area contributed by atoms with Gasteiger partial charge in [0.15, 0.2) is 0 Å². The van der Waals surface area contributed by atoms with Crippen molar-refractivity contribution in [1.29, 1.82) is 0 Å². The summed E-state index contributed by atoms with van der Waals surface area (Å²) in [4.78, 5) is 0. The highest BCUT2D eigenvalue weighted by Crippen LogP contribution is 2.28. The Hall–Kier alpha value is -0.0400. The van der Waals surface area contributed by atoms with E-state index in [-0.39, 0.29) is 0 Å². The molecule has 0 aromatic heterocycles. The van der Waals surface area contributed by atoms with Gasteiger partial charge in [0.25, 0.3) is 0 Å². The summed E-state index contributed by atoms with van der Waals surface area (Å²) in [6.45, 7) is 11.2. The molecule has 0 spiro atoms. The van der Waals surface area contributed by atoms with E-state index in [0.717, 1.165) is 36.9 Å². The van der Waals surface area contributed by atoms with E-state index < -0.39 is 0 Å². The summed E-state index contributed by atoms with van der Waals surface area (Å²) in [6.07, 6.45) is 11.6. The molecule has 2 rings (SSSR count). The van der Waals surface area contributed by atoms with Crippen LogP contribution in [-0.2, 0) is 4.74 Å². The third-order valence-electron chi connectivity index (χ3n) is 4.36. The molecule has 2 fully saturated rings. The van der Waals surface area contributed by atoms with Crippen LogP contribution in [0.3, 0.4) is 0 Å². The largest absolute Gasteiger partial charge is 0.381 e. The number of rotatable bonds is 4. The van der Waals surface area contributed by atoms with Crippen molar-refractivity contribution in [2.24, 2.45) is 23.7 Å². The summed E-state index contributed by atoms with van der Waals surface area (Å²) in [7, 11) is 0. The van der Waals surface area contributed by atoms with Crippen LogP contribution >= 0.6 is 0 Å². The summed E-state index contributed by atoms with van der Waals surface area (Å²) >= 11 is 0. The van der Waals surface area contributed by atoms with Gasteiger partial charge in [-0.05, 0) is 42.9 Å². The fraction of sp³-hybridized carbons (Fsp3) is 1.00. The van der Waals surface area contributed by atoms with Gasteiger partial charge in [0.05, 0.1) is 0 Å². The first-order valence-electron chi connectivity index (χ1n) is 8.65. The molecule has 1 heteroatoms. The van der Waals surface area contributed by atoms with Gasteiger partial charge in [0.2, 0.25) is 0 Å². The normalized spacial score (nSPS) is 24.6. The van der Waals surface area contributed by atoms with Crippen molar-refractivity contribution in [2.45, 2.75) is 79.1 Å². The van der Waals surface area contributed by atoms with Crippen LogP contribution in [0.25, 0.3) is 0 Å². The van der Waals surface area contributed by atoms with Gasteiger partial charge in [-0.3, -0.25) is 0 Å². The maximum absolute atomic E-state index is 5.26. The maximum Gasteiger partial charge on any atom is 0.0495 e. The monoisotopic (exact) mass is 268 g/mol. The van der Waals surface area contributed by atoms with Gasteiger partial charge in [-0.15, -0.1) is 0 Å². The molecule has 1 atom stereocenters. The Morgan fingerprint density at radius 3 is 1.84 bits per heavy atom. The van der Waals surface area contributed by atoms with Gasteiger partial charge in [-0.2, -0.15) is 0 Å². The van der Waals surface area contributed by atoms with Crippen LogP contribution < -0.4 is 0 Å². The molecule has 1 saturated carbocycles. The molecule has 2 aliphatic rings. The second-order valence-corrected chi connectivity index (χ2v) is 7.49. The summed E-state index contributed by atoms with van der Waals surface area (Å²) in [5.74, 6) is 3.71. The van der Waals surface area contributed by atoms with E-state index in [1.165, 1.54) is 51.4 Å². The molecule has 0 amide bonds. The Kier molecular flexibility index (Phi) is 8.77. The predicted octanol–water partition coefficient (Wildman–Crippen LogP) is 5.68.